The van der Waals surface area contributed by atoms with Gasteiger partial charge >= 0.3 is 0 Å². The number of hydrogen-bond acceptors (Lipinski definition) is 2. The van der Waals surface area contributed by atoms with Crippen molar-refractivity contribution >= 4 is 45.4 Å². The molecule has 0 spiro atoms. The predicted octanol–water partition coefficient (Wildman–Crippen LogP) is 4.93. The number of hydrogen-bond donors (Lipinski definition) is 2. The van der Waals surface area contributed by atoms with Crippen LogP contribution in [0.3, 0.4) is 0 Å². The van der Waals surface area contributed by atoms with E-state index in [0.29, 0.717) is 5.69 Å². The summed E-state index contributed by atoms with van der Waals surface area (Å²) in [5, 5.41) is 7.78. The van der Waals surface area contributed by atoms with Crippen molar-refractivity contribution in [2.45, 2.75) is 20.4 Å². The molecule has 3 aromatic carbocycles. The quantitative estimate of drug-likeness (QED) is 0.469. The second-order valence-corrected chi connectivity index (χ2v) is 7.10. The van der Waals surface area contributed by atoms with Gasteiger partial charge in [0.25, 0.3) is 5.91 Å². The van der Waals surface area contributed by atoms with Gasteiger partial charge < -0.3 is 15.2 Å². The van der Waals surface area contributed by atoms with Gasteiger partial charge in [-0.05, 0) is 42.8 Å². The lowest BCUT2D eigenvalue weighted by Gasteiger charge is -2.10. The van der Waals surface area contributed by atoms with Crippen LogP contribution in [0, 0.1) is 0 Å². The molecule has 2 amide bonds. The Kier molecular flexibility index (Phi) is 5.35. The molecule has 0 saturated carbocycles. The highest BCUT2D eigenvalue weighted by Crippen LogP contribution is 2.31. The van der Waals surface area contributed by atoms with Gasteiger partial charge in [-0.3, -0.25) is 9.59 Å². The Morgan fingerprint density at radius 2 is 1.60 bits per heavy atom. The number of fused-ring (bicyclic) bond motifs is 3. The molecule has 0 aliphatic rings. The fourth-order valence-corrected chi connectivity index (χ4v) is 3.73. The number of nitrogens with one attached hydrogen (secondary N) is 2. The maximum atomic E-state index is 12.9. The Morgan fingerprint density at radius 1 is 0.900 bits per heavy atom. The minimum Gasteiger partial charge on any atom is -0.341 e. The zero-order chi connectivity index (χ0) is 21.1. The summed E-state index contributed by atoms with van der Waals surface area (Å²) >= 11 is 0. The fraction of sp³-hybridized carbons (Fsp3) is 0.120. The molecule has 4 aromatic rings. The highest BCUT2D eigenvalue weighted by Gasteiger charge is 2.14. The van der Waals surface area contributed by atoms with Crippen molar-refractivity contribution < 1.29 is 9.59 Å². The third-order valence-corrected chi connectivity index (χ3v) is 5.01. The maximum Gasteiger partial charge on any atom is 0.272 e. The summed E-state index contributed by atoms with van der Waals surface area (Å²) in [5.74, 6) is -0.665. The van der Waals surface area contributed by atoms with Crippen LogP contribution in [0.4, 0.5) is 5.69 Å². The lowest BCUT2D eigenvalue weighted by atomic mass is 10.1. The molecule has 0 saturated heterocycles. The molecule has 5 heteroatoms. The summed E-state index contributed by atoms with van der Waals surface area (Å²) in [6, 6.07) is 23.6. The van der Waals surface area contributed by atoms with Gasteiger partial charge in [0, 0.05) is 41.0 Å². The van der Waals surface area contributed by atoms with E-state index in [2.05, 4.69) is 34.3 Å². The van der Waals surface area contributed by atoms with Crippen LogP contribution in [-0.2, 0) is 16.1 Å². The summed E-state index contributed by atoms with van der Waals surface area (Å²) in [6.07, 6.45) is 1.66. The smallest absolute Gasteiger partial charge is 0.272 e. The summed E-state index contributed by atoms with van der Waals surface area (Å²) in [5.41, 5.74) is 4.00. The Bertz CT molecular complexity index is 1270. The van der Waals surface area contributed by atoms with E-state index in [1.165, 1.54) is 12.4 Å². The number of carbonyl (C=O) groups excluding carboxylic acids is 2. The van der Waals surface area contributed by atoms with E-state index >= 15 is 0 Å². The van der Waals surface area contributed by atoms with E-state index < -0.39 is 0 Å². The number of rotatable bonds is 5. The van der Waals surface area contributed by atoms with Crippen molar-refractivity contribution in [3.63, 3.8) is 0 Å². The van der Waals surface area contributed by atoms with Crippen molar-refractivity contribution in [2.75, 3.05) is 5.32 Å². The van der Waals surface area contributed by atoms with E-state index in [0.717, 1.165) is 28.4 Å². The summed E-state index contributed by atoms with van der Waals surface area (Å²) in [6.45, 7) is 4.37. The second-order valence-electron chi connectivity index (χ2n) is 7.10. The van der Waals surface area contributed by atoms with Crippen LogP contribution < -0.4 is 10.6 Å². The Hall–Kier alpha value is -3.86. The third kappa shape index (κ3) is 3.82. The maximum absolute atomic E-state index is 12.9. The fourth-order valence-electron chi connectivity index (χ4n) is 3.73. The van der Waals surface area contributed by atoms with Crippen molar-refractivity contribution in [3.05, 3.63) is 84.1 Å². The summed E-state index contributed by atoms with van der Waals surface area (Å²) in [4.78, 5) is 24.5. The molecule has 4 rings (SSSR count). The predicted molar refractivity (Wildman–Crippen MR) is 122 cm³/mol. The van der Waals surface area contributed by atoms with E-state index in [-0.39, 0.29) is 17.5 Å². The Labute approximate surface area is 175 Å². The summed E-state index contributed by atoms with van der Waals surface area (Å²) in [7, 11) is 0. The van der Waals surface area contributed by atoms with Gasteiger partial charge in [-0.15, -0.1) is 0 Å². The molecule has 0 atom stereocenters. The first kappa shape index (κ1) is 19.5. The van der Waals surface area contributed by atoms with Crippen LogP contribution in [0.25, 0.3) is 27.9 Å². The van der Waals surface area contributed by atoms with Crippen LogP contribution in [0.5, 0.6) is 0 Å². The van der Waals surface area contributed by atoms with Crippen LogP contribution in [-0.4, -0.2) is 16.4 Å². The van der Waals surface area contributed by atoms with E-state index in [1.54, 1.807) is 6.08 Å². The second kappa shape index (κ2) is 8.25. The largest absolute Gasteiger partial charge is 0.341 e. The monoisotopic (exact) mass is 397 g/mol. The molecular weight excluding hydrogens is 374 g/mol. The van der Waals surface area contributed by atoms with E-state index in [1.807, 2.05) is 60.7 Å². The zero-order valence-corrected chi connectivity index (χ0v) is 17.0. The van der Waals surface area contributed by atoms with Gasteiger partial charge in [0.1, 0.15) is 5.70 Å². The lowest BCUT2D eigenvalue weighted by molar-refractivity contribution is -0.120. The molecule has 0 fully saturated rings. The van der Waals surface area contributed by atoms with Gasteiger partial charge in [-0.2, -0.15) is 0 Å². The first-order chi connectivity index (χ1) is 14.6. The minimum atomic E-state index is -0.368. The molecule has 0 aliphatic carbocycles. The van der Waals surface area contributed by atoms with Gasteiger partial charge in [-0.25, -0.2) is 0 Å². The van der Waals surface area contributed by atoms with Crippen molar-refractivity contribution in [1.82, 2.24) is 9.88 Å². The van der Waals surface area contributed by atoms with Crippen molar-refractivity contribution in [3.8, 4) is 0 Å². The van der Waals surface area contributed by atoms with E-state index in [9.17, 15) is 9.59 Å². The Morgan fingerprint density at radius 3 is 2.33 bits per heavy atom. The molecule has 30 heavy (non-hydrogen) atoms. The molecule has 1 heterocycles. The zero-order valence-electron chi connectivity index (χ0n) is 17.0. The number of aryl methyl sites for hydroxylation is 1. The highest BCUT2D eigenvalue weighted by atomic mass is 16.2. The molecule has 2 N–H and O–H groups in total. The topological polar surface area (TPSA) is 63.1 Å². The molecule has 5 nitrogen and oxygen atoms in total. The first-order valence-corrected chi connectivity index (χ1v) is 9.93. The van der Waals surface area contributed by atoms with Crippen molar-refractivity contribution in [2.24, 2.45) is 0 Å². The lowest BCUT2D eigenvalue weighted by Crippen LogP contribution is -2.28. The normalized spacial score (nSPS) is 11.6. The standard InChI is InChI=1S/C25H23N3O2/c1-3-28-23-12-8-7-11-20(23)21-16-19(13-14-24(21)28)27-25(30)22(26-17(2)29)15-18-9-5-4-6-10-18/h4-16H,3H2,1-2H3,(H,26,29)(H,27,30)/b22-15-. The highest BCUT2D eigenvalue weighted by molar-refractivity contribution is 6.12. The third-order valence-electron chi connectivity index (χ3n) is 5.01. The average Bonchev–Trinajstić information content (AvgIpc) is 3.07. The van der Waals surface area contributed by atoms with Crippen LogP contribution in [0.1, 0.15) is 19.4 Å². The van der Waals surface area contributed by atoms with Gasteiger partial charge in [-0.1, -0.05) is 48.5 Å². The van der Waals surface area contributed by atoms with Crippen LogP contribution in [0.2, 0.25) is 0 Å². The first-order valence-electron chi connectivity index (χ1n) is 9.93. The molecule has 1 aromatic heterocycles. The van der Waals surface area contributed by atoms with Crippen LogP contribution in [0.15, 0.2) is 78.5 Å². The molecule has 0 bridgehead atoms. The number of benzene rings is 3. The average molecular weight is 397 g/mol. The molecule has 0 unspecified atom stereocenters. The minimum absolute atomic E-state index is 0.199. The molecular formula is C25H23N3O2. The number of carbonyl (C=O) groups is 2. The Balaban J connectivity index is 1.70. The van der Waals surface area contributed by atoms with Gasteiger partial charge in [0.15, 0.2) is 0 Å². The van der Waals surface area contributed by atoms with Gasteiger partial charge in [0.2, 0.25) is 5.91 Å². The number of anilines is 1. The SMILES string of the molecule is CCn1c2ccccc2c2cc(NC(=O)/C(=C/c3ccccc3)NC(C)=O)ccc21. The molecule has 0 radical (unpaired) electrons. The number of amides is 2. The van der Waals surface area contributed by atoms with Crippen molar-refractivity contribution in [1.29, 1.82) is 0 Å². The molecule has 150 valence electrons. The number of nitrogens with zero attached hydrogens (tertiary/aromatic N) is 1. The van der Waals surface area contributed by atoms with E-state index in [4.69, 9.17) is 0 Å². The number of aromatic nitrogens is 1. The molecule has 0 aliphatic heterocycles. The number of para-hydroxylation sites is 1. The van der Waals surface area contributed by atoms with Gasteiger partial charge in [0.05, 0.1) is 0 Å². The summed E-state index contributed by atoms with van der Waals surface area (Å²) < 4.78 is 2.26. The van der Waals surface area contributed by atoms with Crippen LogP contribution >= 0.6 is 0 Å².